The number of para-hydroxylation sites is 1. The van der Waals surface area contributed by atoms with Crippen molar-refractivity contribution in [2.45, 2.75) is 31.5 Å². The molecule has 1 unspecified atom stereocenters. The van der Waals surface area contributed by atoms with Gasteiger partial charge < -0.3 is 10.0 Å². The number of likely N-dealkylation sites (N-methyl/N-ethyl adjacent to an activating group) is 1. The summed E-state index contributed by atoms with van der Waals surface area (Å²) < 4.78 is 1.45. The molecule has 0 aliphatic heterocycles. The Morgan fingerprint density at radius 3 is 3.00 bits per heavy atom. The predicted octanol–water partition coefficient (Wildman–Crippen LogP) is 1.50. The standard InChI is InChI=1S/C15H18ClN3O2/c1-18(10-5-6-10)7-11(20)8-19-9-17-14-12(15(19)21)3-2-4-13(14)16/h2-4,9-11,20H,5-8H2,1H3. The number of halogens is 1. The first-order chi connectivity index (χ1) is 10.1. The smallest absolute Gasteiger partial charge is 0.261 e. The maximum Gasteiger partial charge on any atom is 0.261 e. The van der Waals surface area contributed by atoms with Crippen LogP contribution < -0.4 is 5.56 Å². The fourth-order valence-corrected chi connectivity index (χ4v) is 2.79. The average Bonchev–Trinajstić information content (AvgIpc) is 3.27. The van der Waals surface area contributed by atoms with Crippen LogP contribution in [0.5, 0.6) is 0 Å². The van der Waals surface area contributed by atoms with Crippen LogP contribution in [-0.2, 0) is 6.54 Å². The lowest BCUT2D eigenvalue weighted by Gasteiger charge is -2.20. The number of nitrogens with zero attached hydrogens (tertiary/aromatic N) is 3. The summed E-state index contributed by atoms with van der Waals surface area (Å²) in [4.78, 5) is 18.8. The van der Waals surface area contributed by atoms with E-state index in [0.29, 0.717) is 28.5 Å². The second kappa shape index (κ2) is 5.75. The van der Waals surface area contributed by atoms with Crippen molar-refractivity contribution in [3.63, 3.8) is 0 Å². The number of rotatable bonds is 5. The van der Waals surface area contributed by atoms with Crippen molar-refractivity contribution in [1.29, 1.82) is 0 Å². The molecule has 1 heterocycles. The lowest BCUT2D eigenvalue weighted by atomic mass is 10.2. The summed E-state index contributed by atoms with van der Waals surface area (Å²) in [7, 11) is 2.00. The molecule has 2 aromatic rings. The van der Waals surface area contributed by atoms with Crippen molar-refractivity contribution in [3.8, 4) is 0 Å². The first-order valence-corrected chi connectivity index (χ1v) is 7.46. The minimum atomic E-state index is -0.591. The van der Waals surface area contributed by atoms with Crippen molar-refractivity contribution in [1.82, 2.24) is 14.5 Å². The zero-order valence-electron chi connectivity index (χ0n) is 11.9. The van der Waals surface area contributed by atoms with Gasteiger partial charge in [-0.05, 0) is 32.0 Å². The van der Waals surface area contributed by atoms with E-state index in [-0.39, 0.29) is 12.1 Å². The zero-order valence-corrected chi connectivity index (χ0v) is 12.6. The minimum absolute atomic E-state index is 0.171. The Balaban J connectivity index is 1.80. The summed E-state index contributed by atoms with van der Waals surface area (Å²) in [6.07, 6.45) is 3.25. The van der Waals surface area contributed by atoms with Crippen molar-refractivity contribution in [2.75, 3.05) is 13.6 Å². The minimum Gasteiger partial charge on any atom is -0.390 e. The number of aliphatic hydroxyl groups is 1. The van der Waals surface area contributed by atoms with Gasteiger partial charge >= 0.3 is 0 Å². The van der Waals surface area contributed by atoms with Crippen LogP contribution in [0.4, 0.5) is 0 Å². The number of aliphatic hydroxyl groups excluding tert-OH is 1. The molecule has 1 aromatic carbocycles. The summed E-state index contributed by atoms with van der Waals surface area (Å²) in [6, 6.07) is 5.73. The first kappa shape index (κ1) is 14.5. The van der Waals surface area contributed by atoms with E-state index in [4.69, 9.17) is 11.6 Å². The van der Waals surface area contributed by atoms with Gasteiger partial charge in [0.05, 0.1) is 34.9 Å². The second-order valence-corrected chi connectivity index (χ2v) is 6.07. The molecule has 6 heteroatoms. The Morgan fingerprint density at radius 1 is 1.52 bits per heavy atom. The molecular formula is C15H18ClN3O2. The van der Waals surface area contributed by atoms with Crippen molar-refractivity contribution in [3.05, 3.63) is 39.9 Å². The first-order valence-electron chi connectivity index (χ1n) is 7.08. The Hall–Kier alpha value is -1.43. The summed E-state index contributed by atoms with van der Waals surface area (Å²) in [5.41, 5.74) is 0.334. The van der Waals surface area contributed by atoms with Crippen LogP contribution in [0.1, 0.15) is 12.8 Å². The molecule has 1 fully saturated rings. The van der Waals surface area contributed by atoms with Crippen molar-refractivity contribution < 1.29 is 5.11 Å². The molecule has 1 atom stereocenters. The molecule has 0 amide bonds. The lowest BCUT2D eigenvalue weighted by Crippen LogP contribution is -2.36. The average molecular weight is 308 g/mol. The van der Waals surface area contributed by atoms with Crippen LogP contribution in [0.25, 0.3) is 10.9 Å². The number of benzene rings is 1. The number of aromatic nitrogens is 2. The van der Waals surface area contributed by atoms with Gasteiger partial charge in [0.15, 0.2) is 0 Å². The van der Waals surface area contributed by atoms with Gasteiger partial charge in [-0.15, -0.1) is 0 Å². The highest BCUT2D eigenvalue weighted by Gasteiger charge is 2.27. The molecule has 0 saturated heterocycles. The van der Waals surface area contributed by atoms with E-state index in [1.54, 1.807) is 18.2 Å². The van der Waals surface area contributed by atoms with Crippen LogP contribution in [0.3, 0.4) is 0 Å². The van der Waals surface area contributed by atoms with Crippen LogP contribution in [0.2, 0.25) is 5.02 Å². The Labute approximate surface area is 127 Å². The maximum atomic E-state index is 12.4. The molecule has 112 valence electrons. The van der Waals surface area contributed by atoms with Gasteiger partial charge in [-0.25, -0.2) is 4.98 Å². The topological polar surface area (TPSA) is 58.4 Å². The molecule has 1 aliphatic carbocycles. The van der Waals surface area contributed by atoms with E-state index >= 15 is 0 Å². The second-order valence-electron chi connectivity index (χ2n) is 5.66. The third kappa shape index (κ3) is 3.10. The van der Waals surface area contributed by atoms with E-state index in [1.165, 1.54) is 23.7 Å². The van der Waals surface area contributed by atoms with Crippen molar-refractivity contribution >= 4 is 22.5 Å². The van der Waals surface area contributed by atoms with Gasteiger partial charge in [-0.2, -0.15) is 0 Å². The van der Waals surface area contributed by atoms with Crippen LogP contribution >= 0.6 is 11.6 Å². The molecule has 21 heavy (non-hydrogen) atoms. The Bertz CT molecular complexity index is 712. The molecule has 0 spiro atoms. The highest BCUT2D eigenvalue weighted by molar-refractivity contribution is 6.34. The number of fused-ring (bicyclic) bond motifs is 1. The number of hydrogen-bond donors (Lipinski definition) is 1. The molecule has 1 aromatic heterocycles. The van der Waals surface area contributed by atoms with Crippen LogP contribution in [0, 0.1) is 0 Å². The quantitative estimate of drug-likeness (QED) is 0.909. The van der Waals surface area contributed by atoms with Gasteiger partial charge in [0, 0.05) is 12.6 Å². The summed E-state index contributed by atoms with van der Waals surface area (Å²) in [5.74, 6) is 0. The molecule has 0 radical (unpaired) electrons. The van der Waals surface area contributed by atoms with Crippen LogP contribution in [-0.4, -0.2) is 45.3 Å². The maximum absolute atomic E-state index is 12.4. The summed E-state index contributed by atoms with van der Waals surface area (Å²) in [6.45, 7) is 0.802. The normalized spacial score (nSPS) is 16.6. The van der Waals surface area contributed by atoms with E-state index in [0.717, 1.165) is 0 Å². The molecule has 5 nitrogen and oxygen atoms in total. The fourth-order valence-electron chi connectivity index (χ4n) is 2.57. The zero-order chi connectivity index (χ0) is 15.0. The highest BCUT2D eigenvalue weighted by Crippen LogP contribution is 2.25. The molecule has 1 aliphatic rings. The molecule has 1 saturated carbocycles. The van der Waals surface area contributed by atoms with Crippen LogP contribution in [0.15, 0.2) is 29.3 Å². The predicted molar refractivity (Wildman–Crippen MR) is 82.7 cm³/mol. The van der Waals surface area contributed by atoms with Gasteiger partial charge in [-0.3, -0.25) is 9.36 Å². The van der Waals surface area contributed by atoms with E-state index in [9.17, 15) is 9.90 Å². The lowest BCUT2D eigenvalue weighted by molar-refractivity contribution is 0.106. The molecular weight excluding hydrogens is 290 g/mol. The van der Waals surface area contributed by atoms with E-state index in [1.807, 2.05) is 7.05 Å². The van der Waals surface area contributed by atoms with Gasteiger partial charge in [0.2, 0.25) is 0 Å². The van der Waals surface area contributed by atoms with Gasteiger partial charge in [-0.1, -0.05) is 17.7 Å². The number of hydrogen-bond acceptors (Lipinski definition) is 4. The van der Waals surface area contributed by atoms with Gasteiger partial charge in [0.1, 0.15) is 0 Å². The Morgan fingerprint density at radius 2 is 2.29 bits per heavy atom. The largest absolute Gasteiger partial charge is 0.390 e. The molecule has 3 rings (SSSR count). The molecule has 1 N–H and O–H groups in total. The fraction of sp³-hybridized carbons (Fsp3) is 0.467. The summed E-state index contributed by atoms with van der Waals surface area (Å²) in [5, 5.41) is 11.1. The third-order valence-electron chi connectivity index (χ3n) is 3.88. The van der Waals surface area contributed by atoms with Crippen molar-refractivity contribution in [2.24, 2.45) is 0 Å². The Kier molecular flexibility index (Phi) is 3.97. The highest BCUT2D eigenvalue weighted by atomic mass is 35.5. The molecule has 0 bridgehead atoms. The van der Waals surface area contributed by atoms with Gasteiger partial charge in [0.25, 0.3) is 5.56 Å². The third-order valence-corrected chi connectivity index (χ3v) is 4.19. The monoisotopic (exact) mass is 307 g/mol. The van der Waals surface area contributed by atoms with E-state index < -0.39 is 6.10 Å². The van der Waals surface area contributed by atoms with E-state index in [2.05, 4.69) is 9.88 Å². The summed E-state index contributed by atoms with van der Waals surface area (Å²) >= 11 is 6.03. The SMILES string of the molecule is CN(CC(O)Cn1cnc2c(Cl)cccc2c1=O)C1CC1.